The summed E-state index contributed by atoms with van der Waals surface area (Å²) in [4.78, 5) is 10.7. The van der Waals surface area contributed by atoms with E-state index in [-0.39, 0.29) is 18.6 Å². The Labute approximate surface area is 157 Å². The molecule has 0 fully saturated rings. The van der Waals surface area contributed by atoms with Crippen molar-refractivity contribution in [2.24, 2.45) is 0 Å². The number of amides is 1. The third-order valence-corrected chi connectivity index (χ3v) is 5.56. The molecular formula is C17H14F4N2O4S. The number of rotatable bonds is 4. The van der Waals surface area contributed by atoms with Crippen molar-refractivity contribution in [3.05, 3.63) is 53.3 Å². The average molecular weight is 418 g/mol. The molecular weight excluding hydrogens is 404 g/mol. The van der Waals surface area contributed by atoms with Crippen LogP contribution >= 0.6 is 0 Å². The van der Waals surface area contributed by atoms with Crippen LogP contribution in [0.15, 0.2) is 41.3 Å². The monoisotopic (exact) mass is 418 g/mol. The summed E-state index contributed by atoms with van der Waals surface area (Å²) in [5.74, 6) is -1.53. The van der Waals surface area contributed by atoms with Crippen molar-refractivity contribution in [3.63, 3.8) is 0 Å². The number of anilines is 1. The molecule has 0 spiro atoms. The molecule has 1 amide bonds. The van der Waals surface area contributed by atoms with Gasteiger partial charge in [0.05, 0.1) is 16.1 Å². The standard InChI is InChI=1S/C17H14F4N2O4S/c1-9(10-2-5-15-14(6-10)22-16(24)8-27-15)23-28(25,26)11-3-4-13(18)12(7-11)17(19,20)21/h2-7,9,23H,8H2,1H3,(H,22,24). The lowest BCUT2D eigenvalue weighted by Gasteiger charge is -2.21. The summed E-state index contributed by atoms with van der Waals surface area (Å²) >= 11 is 0. The zero-order chi connectivity index (χ0) is 20.7. The summed E-state index contributed by atoms with van der Waals surface area (Å²) in [7, 11) is -4.37. The maximum absolute atomic E-state index is 13.4. The molecule has 1 aliphatic heterocycles. The lowest BCUT2D eigenvalue weighted by molar-refractivity contribution is -0.140. The number of ether oxygens (including phenoxy) is 1. The highest BCUT2D eigenvalue weighted by molar-refractivity contribution is 7.89. The van der Waals surface area contributed by atoms with Crippen LogP contribution in [0.4, 0.5) is 23.2 Å². The van der Waals surface area contributed by atoms with Crippen molar-refractivity contribution in [1.29, 1.82) is 0 Å². The van der Waals surface area contributed by atoms with Crippen LogP contribution in [-0.2, 0) is 21.0 Å². The maximum atomic E-state index is 13.4. The van der Waals surface area contributed by atoms with Gasteiger partial charge in [-0.15, -0.1) is 0 Å². The van der Waals surface area contributed by atoms with E-state index in [2.05, 4.69) is 10.0 Å². The normalized spacial score (nSPS) is 15.4. The van der Waals surface area contributed by atoms with E-state index in [4.69, 9.17) is 4.74 Å². The highest BCUT2D eigenvalue weighted by atomic mass is 32.2. The zero-order valence-corrected chi connectivity index (χ0v) is 15.1. The molecule has 0 saturated carbocycles. The number of carbonyl (C=O) groups excluding carboxylic acids is 1. The molecule has 2 aromatic carbocycles. The third-order valence-electron chi connectivity index (χ3n) is 4.02. The summed E-state index contributed by atoms with van der Waals surface area (Å²) in [5, 5.41) is 2.57. The molecule has 1 unspecified atom stereocenters. The molecule has 0 bridgehead atoms. The Morgan fingerprint density at radius 3 is 2.57 bits per heavy atom. The Hall–Kier alpha value is -2.66. The third kappa shape index (κ3) is 4.09. The van der Waals surface area contributed by atoms with E-state index in [1.807, 2.05) is 0 Å². The molecule has 6 nitrogen and oxygen atoms in total. The Bertz CT molecular complexity index is 1040. The molecule has 0 radical (unpaired) electrons. The lowest BCUT2D eigenvalue weighted by atomic mass is 10.1. The first-order chi connectivity index (χ1) is 13.0. The van der Waals surface area contributed by atoms with Gasteiger partial charge in [-0.3, -0.25) is 4.79 Å². The van der Waals surface area contributed by atoms with Crippen molar-refractivity contribution >= 4 is 21.6 Å². The van der Waals surface area contributed by atoms with Crippen molar-refractivity contribution in [2.75, 3.05) is 11.9 Å². The number of hydrogen-bond donors (Lipinski definition) is 2. The number of halogens is 4. The minimum atomic E-state index is -5.03. The largest absolute Gasteiger partial charge is 0.482 e. The van der Waals surface area contributed by atoms with Gasteiger partial charge in [0.15, 0.2) is 6.61 Å². The van der Waals surface area contributed by atoms with E-state index < -0.39 is 38.5 Å². The van der Waals surface area contributed by atoms with Gasteiger partial charge in [0.1, 0.15) is 11.6 Å². The second kappa shape index (κ2) is 7.06. The van der Waals surface area contributed by atoms with Gasteiger partial charge in [0.25, 0.3) is 5.91 Å². The molecule has 1 heterocycles. The highest BCUT2D eigenvalue weighted by Gasteiger charge is 2.35. The molecule has 1 aliphatic rings. The Balaban J connectivity index is 1.87. The molecule has 2 N–H and O–H groups in total. The van der Waals surface area contributed by atoms with Gasteiger partial charge < -0.3 is 10.1 Å². The van der Waals surface area contributed by atoms with Crippen LogP contribution in [0.25, 0.3) is 0 Å². The van der Waals surface area contributed by atoms with Crippen LogP contribution in [0.3, 0.4) is 0 Å². The first kappa shape index (κ1) is 20.1. The number of alkyl halides is 3. The summed E-state index contributed by atoms with van der Waals surface area (Å²) in [6.45, 7) is 1.33. The van der Waals surface area contributed by atoms with Gasteiger partial charge in [0, 0.05) is 6.04 Å². The van der Waals surface area contributed by atoms with Crippen molar-refractivity contribution < 1.29 is 35.5 Å². The number of sulfonamides is 1. The molecule has 1 atom stereocenters. The molecule has 0 saturated heterocycles. The Morgan fingerprint density at radius 1 is 1.18 bits per heavy atom. The summed E-state index contributed by atoms with van der Waals surface area (Å²) in [6, 6.07) is 5.17. The number of nitrogens with one attached hydrogen (secondary N) is 2. The Kier molecular flexibility index (Phi) is 5.06. The van der Waals surface area contributed by atoms with E-state index in [0.29, 0.717) is 23.1 Å². The fraction of sp³-hybridized carbons (Fsp3) is 0.235. The average Bonchev–Trinajstić information content (AvgIpc) is 2.59. The fourth-order valence-corrected chi connectivity index (χ4v) is 3.89. The van der Waals surface area contributed by atoms with Crippen LogP contribution in [0, 0.1) is 5.82 Å². The second-order valence-corrected chi connectivity index (χ2v) is 7.79. The molecule has 3 rings (SSSR count). The minimum Gasteiger partial charge on any atom is -0.482 e. The predicted octanol–water partition coefficient (Wildman–Crippen LogP) is 3.21. The van der Waals surface area contributed by atoms with Gasteiger partial charge in [-0.25, -0.2) is 17.5 Å². The first-order valence-electron chi connectivity index (χ1n) is 7.93. The van der Waals surface area contributed by atoms with Gasteiger partial charge in [0.2, 0.25) is 10.0 Å². The van der Waals surface area contributed by atoms with Gasteiger partial charge >= 0.3 is 6.18 Å². The maximum Gasteiger partial charge on any atom is 0.419 e. The van der Waals surface area contributed by atoms with Gasteiger partial charge in [-0.05, 0) is 42.8 Å². The Morgan fingerprint density at radius 2 is 1.89 bits per heavy atom. The predicted molar refractivity (Wildman–Crippen MR) is 90.7 cm³/mol. The van der Waals surface area contributed by atoms with Crippen molar-refractivity contribution in [1.82, 2.24) is 4.72 Å². The van der Waals surface area contributed by atoms with Crippen LogP contribution in [-0.4, -0.2) is 20.9 Å². The first-order valence-corrected chi connectivity index (χ1v) is 9.41. The van der Waals surface area contributed by atoms with E-state index >= 15 is 0 Å². The zero-order valence-electron chi connectivity index (χ0n) is 14.3. The molecule has 28 heavy (non-hydrogen) atoms. The molecule has 150 valence electrons. The second-order valence-electron chi connectivity index (χ2n) is 6.07. The lowest BCUT2D eigenvalue weighted by Crippen LogP contribution is -2.28. The smallest absolute Gasteiger partial charge is 0.419 e. The minimum absolute atomic E-state index is 0.138. The van der Waals surface area contributed by atoms with Crippen molar-refractivity contribution in [2.45, 2.75) is 24.0 Å². The van der Waals surface area contributed by atoms with Gasteiger partial charge in [-0.1, -0.05) is 6.07 Å². The molecule has 11 heteroatoms. The van der Waals surface area contributed by atoms with Crippen LogP contribution in [0.5, 0.6) is 5.75 Å². The summed E-state index contributed by atoms with van der Waals surface area (Å²) < 4.78 is 84.2. The fourth-order valence-electron chi connectivity index (χ4n) is 2.63. The summed E-state index contributed by atoms with van der Waals surface area (Å²) in [5.41, 5.74) is -0.885. The quantitative estimate of drug-likeness (QED) is 0.747. The van der Waals surface area contributed by atoms with E-state index in [1.165, 1.54) is 19.1 Å². The number of hydrogen-bond acceptors (Lipinski definition) is 4. The number of fused-ring (bicyclic) bond motifs is 1. The van der Waals surface area contributed by atoms with Crippen LogP contribution in [0.2, 0.25) is 0 Å². The van der Waals surface area contributed by atoms with Crippen molar-refractivity contribution in [3.8, 4) is 5.75 Å². The number of benzene rings is 2. The van der Waals surface area contributed by atoms with Crippen LogP contribution < -0.4 is 14.8 Å². The van der Waals surface area contributed by atoms with E-state index in [0.717, 1.165) is 6.07 Å². The molecule has 2 aromatic rings. The van der Waals surface area contributed by atoms with E-state index in [9.17, 15) is 30.8 Å². The van der Waals surface area contributed by atoms with E-state index in [1.54, 1.807) is 6.07 Å². The van der Waals surface area contributed by atoms with Crippen LogP contribution in [0.1, 0.15) is 24.1 Å². The SMILES string of the molecule is CC(NS(=O)(=O)c1ccc(F)c(C(F)(F)F)c1)c1ccc2c(c1)NC(=O)CO2. The van der Waals surface area contributed by atoms with Gasteiger partial charge in [-0.2, -0.15) is 13.2 Å². The molecule has 0 aromatic heterocycles. The topological polar surface area (TPSA) is 84.5 Å². The highest BCUT2D eigenvalue weighted by Crippen LogP contribution is 2.34. The molecule has 0 aliphatic carbocycles. The number of carbonyl (C=O) groups is 1. The summed E-state index contributed by atoms with van der Waals surface area (Å²) in [6.07, 6.45) is -5.03.